The number of aromatic carboxylic acids is 1. The number of aryl methyl sites for hydroxylation is 1. The molecule has 0 atom stereocenters. The van der Waals surface area contributed by atoms with Gasteiger partial charge in [-0.1, -0.05) is 0 Å². The number of carboxylic acid groups (broad SMARTS) is 1. The average Bonchev–Trinajstić information content (AvgIpc) is 2.15. The zero-order valence-corrected chi connectivity index (χ0v) is 8.52. The minimum absolute atomic E-state index is 0.0961. The predicted molar refractivity (Wildman–Crippen MR) is 51.4 cm³/mol. The number of hydrogen-bond acceptors (Lipinski definition) is 4. The van der Waals surface area contributed by atoms with Crippen molar-refractivity contribution in [2.24, 2.45) is 0 Å². The van der Waals surface area contributed by atoms with E-state index in [-0.39, 0.29) is 11.1 Å². The first-order chi connectivity index (χ1) is 7.82. The third-order valence-corrected chi connectivity index (χ3v) is 1.95. The Morgan fingerprint density at radius 1 is 1.53 bits per heavy atom. The summed E-state index contributed by atoms with van der Waals surface area (Å²) in [6, 6.07) is 1.59. The number of nitrogens with zero attached hydrogens (tertiary/aromatic N) is 1. The molecule has 8 heteroatoms. The Labute approximate surface area is 93.6 Å². The lowest BCUT2D eigenvalue weighted by atomic mass is 10.1. The maximum Gasteiger partial charge on any atom is 0.387 e. The van der Waals surface area contributed by atoms with Crippen molar-refractivity contribution in [1.29, 1.82) is 0 Å². The Bertz CT molecular complexity index is 475. The van der Waals surface area contributed by atoms with Crippen molar-refractivity contribution in [1.82, 2.24) is 0 Å². The molecule has 0 aliphatic carbocycles. The van der Waals surface area contributed by atoms with Crippen LogP contribution in [0.2, 0.25) is 0 Å². The number of carboxylic acids is 1. The van der Waals surface area contributed by atoms with Gasteiger partial charge in [-0.25, -0.2) is 4.79 Å². The molecule has 0 fully saturated rings. The van der Waals surface area contributed by atoms with Crippen LogP contribution in [0.5, 0.6) is 5.75 Å². The molecular weight excluding hydrogens is 240 g/mol. The zero-order valence-electron chi connectivity index (χ0n) is 8.52. The fraction of sp³-hybridized carbons (Fsp3) is 0.222. The summed E-state index contributed by atoms with van der Waals surface area (Å²) in [7, 11) is 0. The summed E-state index contributed by atoms with van der Waals surface area (Å²) in [5, 5.41) is 19.3. The van der Waals surface area contributed by atoms with Crippen LogP contribution < -0.4 is 4.74 Å². The van der Waals surface area contributed by atoms with Crippen LogP contribution in [0.15, 0.2) is 12.1 Å². The van der Waals surface area contributed by atoms with Gasteiger partial charge in [0, 0.05) is 6.07 Å². The van der Waals surface area contributed by atoms with Gasteiger partial charge in [0.05, 0.1) is 10.5 Å². The molecule has 6 nitrogen and oxygen atoms in total. The van der Waals surface area contributed by atoms with Crippen LogP contribution in [0.4, 0.5) is 14.5 Å². The number of carbonyl (C=O) groups is 1. The van der Waals surface area contributed by atoms with Crippen molar-refractivity contribution in [3.63, 3.8) is 0 Å². The molecule has 1 aromatic carbocycles. The van der Waals surface area contributed by atoms with Gasteiger partial charge in [0.25, 0.3) is 0 Å². The highest BCUT2D eigenvalue weighted by molar-refractivity contribution is 5.90. The van der Waals surface area contributed by atoms with E-state index in [0.717, 1.165) is 6.07 Å². The molecular formula is C9H7F2NO5. The van der Waals surface area contributed by atoms with Crippen molar-refractivity contribution in [2.75, 3.05) is 0 Å². The maximum atomic E-state index is 12.0. The monoisotopic (exact) mass is 247 g/mol. The van der Waals surface area contributed by atoms with Gasteiger partial charge in [-0.05, 0) is 18.6 Å². The number of nitro groups is 1. The summed E-state index contributed by atoms with van der Waals surface area (Å²) in [6.07, 6.45) is 0. The largest absolute Gasteiger partial charge is 0.478 e. The van der Waals surface area contributed by atoms with E-state index in [1.165, 1.54) is 6.92 Å². The molecule has 0 spiro atoms. The fourth-order valence-electron chi connectivity index (χ4n) is 1.23. The van der Waals surface area contributed by atoms with E-state index in [1.54, 1.807) is 0 Å². The molecule has 0 heterocycles. The number of halogens is 2. The zero-order chi connectivity index (χ0) is 13.2. The van der Waals surface area contributed by atoms with Crippen molar-refractivity contribution in [3.05, 3.63) is 33.4 Å². The van der Waals surface area contributed by atoms with E-state index in [2.05, 4.69) is 4.74 Å². The number of rotatable bonds is 4. The van der Waals surface area contributed by atoms with Crippen LogP contribution in [-0.2, 0) is 0 Å². The number of benzene rings is 1. The first kappa shape index (κ1) is 12.8. The van der Waals surface area contributed by atoms with Crippen LogP contribution in [0.1, 0.15) is 15.9 Å². The van der Waals surface area contributed by atoms with Gasteiger partial charge in [0.2, 0.25) is 5.75 Å². The Morgan fingerprint density at radius 2 is 2.12 bits per heavy atom. The highest BCUT2D eigenvalue weighted by Crippen LogP contribution is 2.31. The van der Waals surface area contributed by atoms with Gasteiger partial charge in [0.15, 0.2) is 0 Å². The first-order valence-electron chi connectivity index (χ1n) is 4.30. The molecule has 0 aliphatic heterocycles. The molecule has 0 aliphatic rings. The van der Waals surface area contributed by atoms with Crippen molar-refractivity contribution in [2.45, 2.75) is 13.5 Å². The van der Waals surface area contributed by atoms with Crippen LogP contribution in [0, 0.1) is 17.0 Å². The van der Waals surface area contributed by atoms with Crippen molar-refractivity contribution < 1.29 is 28.3 Å². The van der Waals surface area contributed by atoms with Gasteiger partial charge < -0.3 is 9.84 Å². The molecule has 1 rings (SSSR count). The summed E-state index contributed by atoms with van der Waals surface area (Å²) < 4.78 is 27.9. The van der Waals surface area contributed by atoms with E-state index >= 15 is 0 Å². The van der Waals surface area contributed by atoms with Gasteiger partial charge in [-0.3, -0.25) is 10.1 Å². The molecule has 1 N–H and O–H groups in total. The normalized spacial score (nSPS) is 10.4. The average molecular weight is 247 g/mol. The number of alkyl halides is 2. The second-order valence-electron chi connectivity index (χ2n) is 3.08. The molecule has 0 amide bonds. The second kappa shape index (κ2) is 4.73. The predicted octanol–water partition coefficient (Wildman–Crippen LogP) is 2.20. The van der Waals surface area contributed by atoms with E-state index < -0.39 is 28.9 Å². The molecule has 92 valence electrons. The molecule has 0 bridgehead atoms. The highest BCUT2D eigenvalue weighted by atomic mass is 19.3. The SMILES string of the molecule is Cc1cc(OC(F)F)c([N+](=O)[O-])cc1C(=O)O. The number of hydrogen-bond donors (Lipinski definition) is 1. The Hall–Kier alpha value is -2.25. The summed E-state index contributed by atoms with van der Waals surface area (Å²) in [5.41, 5.74) is -1.05. The number of ether oxygens (including phenoxy) is 1. The lowest BCUT2D eigenvalue weighted by molar-refractivity contribution is -0.386. The van der Waals surface area contributed by atoms with Gasteiger partial charge >= 0.3 is 18.3 Å². The third-order valence-electron chi connectivity index (χ3n) is 1.95. The molecule has 1 aromatic rings. The lowest BCUT2D eigenvalue weighted by Gasteiger charge is -2.07. The van der Waals surface area contributed by atoms with Gasteiger partial charge in [-0.2, -0.15) is 8.78 Å². The Morgan fingerprint density at radius 3 is 2.53 bits per heavy atom. The lowest BCUT2D eigenvalue weighted by Crippen LogP contribution is -2.07. The number of nitro benzene ring substituents is 1. The van der Waals surface area contributed by atoms with E-state index in [9.17, 15) is 23.7 Å². The van der Waals surface area contributed by atoms with Crippen LogP contribution >= 0.6 is 0 Å². The molecule has 0 radical (unpaired) electrons. The molecule has 17 heavy (non-hydrogen) atoms. The minimum Gasteiger partial charge on any atom is -0.478 e. The third kappa shape index (κ3) is 2.86. The highest BCUT2D eigenvalue weighted by Gasteiger charge is 2.23. The summed E-state index contributed by atoms with van der Waals surface area (Å²) >= 11 is 0. The Balaban J connectivity index is 3.35. The Kier molecular flexibility index (Phi) is 3.56. The molecule has 0 aromatic heterocycles. The van der Waals surface area contributed by atoms with Crippen molar-refractivity contribution in [3.8, 4) is 5.75 Å². The quantitative estimate of drug-likeness (QED) is 0.650. The fourth-order valence-corrected chi connectivity index (χ4v) is 1.23. The first-order valence-corrected chi connectivity index (χ1v) is 4.30. The summed E-state index contributed by atoms with van der Waals surface area (Å²) in [4.78, 5) is 20.3. The van der Waals surface area contributed by atoms with E-state index in [1.807, 2.05) is 0 Å². The van der Waals surface area contributed by atoms with Crippen LogP contribution in [-0.4, -0.2) is 22.6 Å². The molecule has 0 unspecified atom stereocenters. The topological polar surface area (TPSA) is 89.7 Å². The standard InChI is InChI=1S/C9H7F2NO5/c1-4-2-7(17-9(10)11)6(12(15)16)3-5(4)8(13)14/h2-3,9H,1H3,(H,13,14). The maximum absolute atomic E-state index is 12.0. The van der Waals surface area contributed by atoms with Crippen molar-refractivity contribution >= 4 is 11.7 Å². The van der Waals surface area contributed by atoms with E-state index in [0.29, 0.717) is 6.07 Å². The smallest absolute Gasteiger partial charge is 0.387 e. The summed E-state index contributed by atoms with van der Waals surface area (Å²) in [5.74, 6) is -2.04. The van der Waals surface area contributed by atoms with Crippen LogP contribution in [0.3, 0.4) is 0 Å². The summed E-state index contributed by atoms with van der Waals surface area (Å²) in [6.45, 7) is -1.89. The van der Waals surface area contributed by atoms with E-state index in [4.69, 9.17) is 5.11 Å². The van der Waals surface area contributed by atoms with Gasteiger partial charge in [-0.15, -0.1) is 0 Å². The molecule has 0 saturated heterocycles. The molecule has 0 saturated carbocycles. The second-order valence-corrected chi connectivity index (χ2v) is 3.08. The minimum atomic E-state index is -3.22. The van der Waals surface area contributed by atoms with Crippen LogP contribution in [0.25, 0.3) is 0 Å². The van der Waals surface area contributed by atoms with Gasteiger partial charge in [0.1, 0.15) is 0 Å².